The van der Waals surface area contributed by atoms with Crippen molar-refractivity contribution in [1.82, 2.24) is 15.5 Å². The van der Waals surface area contributed by atoms with Crippen LogP contribution in [0.1, 0.15) is 13.3 Å². The van der Waals surface area contributed by atoms with Crippen molar-refractivity contribution in [2.75, 3.05) is 50.7 Å². The Labute approximate surface area is 177 Å². The Morgan fingerprint density at radius 3 is 2.48 bits per heavy atom. The summed E-state index contributed by atoms with van der Waals surface area (Å²) in [7, 11) is 0. The van der Waals surface area contributed by atoms with Crippen LogP contribution in [0.15, 0.2) is 41.9 Å². The number of nitrogens with zero attached hydrogens (tertiary/aromatic N) is 3. The van der Waals surface area contributed by atoms with Crippen LogP contribution in [0.5, 0.6) is 0 Å². The van der Waals surface area contributed by atoms with Gasteiger partial charge in [0, 0.05) is 51.4 Å². The Balaban J connectivity index is 0.00000364. The van der Waals surface area contributed by atoms with Gasteiger partial charge >= 0.3 is 0 Å². The van der Waals surface area contributed by atoms with Gasteiger partial charge in [-0.3, -0.25) is 9.79 Å². The predicted octanol–water partition coefficient (Wildman–Crippen LogP) is 2.22. The summed E-state index contributed by atoms with van der Waals surface area (Å²) in [5, 5.41) is 6.25. The molecule has 27 heavy (non-hydrogen) atoms. The summed E-state index contributed by atoms with van der Waals surface area (Å²) in [5.41, 5.74) is 0.992. The second kappa shape index (κ2) is 12.5. The molecule has 0 saturated carbocycles. The van der Waals surface area contributed by atoms with E-state index in [1.165, 1.54) is 12.1 Å². The quantitative estimate of drug-likeness (QED) is 0.267. The molecule has 1 aromatic rings. The Hall–Kier alpha value is -1.84. The van der Waals surface area contributed by atoms with Crippen LogP contribution in [0.2, 0.25) is 0 Å². The third kappa shape index (κ3) is 7.74. The number of carbonyl (C=O) groups excluding carboxylic acids is 1. The van der Waals surface area contributed by atoms with Gasteiger partial charge in [-0.1, -0.05) is 6.08 Å². The smallest absolute Gasteiger partial charge is 0.224 e. The van der Waals surface area contributed by atoms with Gasteiger partial charge in [-0.05, 0) is 31.2 Å². The van der Waals surface area contributed by atoms with Gasteiger partial charge in [0.25, 0.3) is 0 Å². The highest BCUT2D eigenvalue weighted by molar-refractivity contribution is 14.0. The van der Waals surface area contributed by atoms with E-state index in [0.717, 1.165) is 25.3 Å². The fourth-order valence-electron chi connectivity index (χ4n) is 2.80. The zero-order valence-electron chi connectivity index (χ0n) is 15.8. The maximum Gasteiger partial charge on any atom is 0.224 e. The van der Waals surface area contributed by atoms with Crippen molar-refractivity contribution in [3.8, 4) is 0 Å². The Morgan fingerprint density at radius 1 is 1.22 bits per heavy atom. The van der Waals surface area contributed by atoms with Gasteiger partial charge in [-0.2, -0.15) is 0 Å². The zero-order chi connectivity index (χ0) is 18.8. The van der Waals surface area contributed by atoms with E-state index in [0.29, 0.717) is 38.6 Å². The van der Waals surface area contributed by atoms with Crippen LogP contribution in [-0.2, 0) is 4.79 Å². The minimum Gasteiger partial charge on any atom is -0.368 e. The lowest BCUT2D eigenvalue weighted by atomic mass is 10.2. The minimum atomic E-state index is -0.234. The molecule has 6 nitrogen and oxygen atoms in total. The van der Waals surface area contributed by atoms with E-state index in [9.17, 15) is 9.18 Å². The molecule has 150 valence electrons. The van der Waals surface area contributed by atoms with E-state index in [1.807, 2.05) is 11.8 Å². The van der Waals surface area contributed by atoms with E-state index in [1.54, 1.807) is 18.2 Å². The lowest BCUT2D eigenvalue weighted by Gasteiger charge is -2.36. The van der Waals surface area contributed by atoms with Crippen LogP contribution in [0, 0.1) is 5.82 Å². The Bertz CT molecular complexity index is 615. The van der Waals surface area contributed by atoms with Gasteiger partial charge in [0.2, 0.25) is 5.91 Å². The number of aliphatic imine (C=N–C) groups is 1. The van der Waals surface area contributed by atoms with Crippen LogP contribution in [0.4, 0.5) is 10.1 Å². The number of benzene rings is 1. The van der Waals surface area contributed by atoms with E-state index >= 15 is 0 Å². The molecule has 8 heteroatoms. The zero-order valence-corrected chi connectivity index (χ0v) is 18.1. The van der Waals surface area contributed by atoms with Gasteiger partial charge in [0.05, 0.1) is 6.54 Å². The van der Waals surface area contributed by atoms with E-state index < -0.39 is 0 Å². The normalized spacial score (nSPS) is 14.4. The first-order valence-electron chi connectivity index (χ1n) is 9.05. The molecule has 0 unspecified atom stereocenters. The molecule has 2 N–H and O–H groups in total. The van der Waals surface area contributed by atoms with Gasteiger partial charge in [0.1, 0.15) is 5.82 Å². The first kappa shape index (κ1) is 23.2. The van der Waals surface area contributed by atoms with Crippen molar-refractivity contribution < 1.29 is 9.18 Å². The number of piperazine rings is 1. The van der Waals surface area contributed by atoms with Crippen molar-refractivity contribution in [3.63, 3.8) is 0 Å². The Kier molecular flexibility index (Phi) is 10.8. The molecular weight excluding hydrogens is 460 g/mol. The summed E-state index contributed by atoms with van der Waals surface area (Å²) < 4.78 is 13.0. The highest BCUT2D eigenvalue weighted by atomic mass is 127. The van der Waals surface area contributed by atoms with Gasteiger partial charge < -0.3 is 20.4 Å². The number of halogens is 2. The van der Waals surface area contributed by atoms with Gasteiger partial charge in [0.15, 0.2) is 5.96 Å². The number of anilines is 1. The average molecular weight is 489 g/mol. The lowest BCUT2D eigenvalue weighted by Crippen LogP contribution is -2.49. The number of hydrogen-bond acceptors (Lipinski definition) is 3. The molecule has 2 rings (SSSR count). The molecule has 0 spiro atoms. The molecule has 0 aromatic heterocycles. The second-order valence-corrected chi connectivity index (χ2v) is 6.02. The fraction of sp³-hybridized carbons (Fsp3) is 0.474. The number of guanidine groups is 1. The van der Waals surface area contributed by atoms with Crippen molar-refractivity contribution in [2.45, 2.75) is 13.3 Å². The molecular formula is C19H29FIN5O. The van der Waals surface area contributed by atoms with E-state index in [2.05, 4.69) is 27.1 Å². The molecule has 1 aromatic carbocycles. The van der Waals surface area contributed by atoms with Gasteiger partial charge in [-0.25, -0.2) is 4.39 Å². The molecule has 1 fully saturated rings. The summed E-state index contributed by atoms with van der Waals surface area (Å²) in [6.45, 7) is 10.4. The summed E-state index contributed by atoms with van der Waals surface area (Å²) in [6, 6.07) is 6.49. The minimum absolute atomic E-state index is 0. The number of nitrogens with one attached hydrogen (secondary N) is 2. The topological polar surface area (TPSA) is 60.0 Å². The van der Waals surface area contributed by atoms with Crippen LogP contribution in [0.3, 0.4) is 0 Å². The molecule has 1 aliphatic rings. The monoisotopic (exact) mass is 489 g/mol. The number of rotatable bonds is 7. The lowest BCUT2D eigenvalue weighted by molar-refractivity contribution is -0.131. The molecule has 0 aliphatic carbocycles. The molecule has 1 heterocycles. The highest BCUT2D eigenvalue weighted by Crippen LogP contribution is 2.17. The van der Waals surface area contributed by atoms with E-state index in [4.69, 9.17) is 0 Å². The van der Waals surface area contributed by atoms with Gasteiger partial charge in [-0.15, -0.1) is 30.6 Å². The molecule has 1 saturated heterocycles. The van der Waals surface area contributed by atoms with Crippen LogP contribution < -0.4 is 15.5 Å². The first-order valence-corrected chi connectivity index (χ1v) is 9.05. The molecule has 0 radical (unpaired) electrons. The molecule has 1 aliphatic heterocycles. The molecule has 0 atom stereocenters. The number of amides is 1. The average Bonchev–Trinajstić information content (AvgIpc) is 2.66. The highest BCUT2D eigenvalue weighted by Gasteiger charge is 2.20. The van der Waals surface area contributed by atoms with Crippen LogP contribution in [0.25, 0.3) is 0 Å². The fourth-order valence-corrected chi connectivity index (χ4v) is 2.80. The molecule has 0 bridgehead atoms. The summed E-state index contributed by atoms with van der Waals surface area (Å²) in [5.74, 6) is 0.580. The van der Waals surface area contributed by atoms with Crippen molar-refractivity contribution in [2.24, 2.45) is 4.99 Å². The first-order chi connectivity index (χ1) is 12.6. The Morgan fingerprint density at radius 2 is 1.89 bits per heavy atom. The van der Waals surface area contributed by atoms with Crippen LogP contribution in [-0.4, -0.2) is 62.6 Å². The maximum atomic E-state index is 13.0. The largest absolute Gasteiger partial charge is 0.368 e. The summed E-state index contributed by atoms with van der Waals surface area (Å²) >= 11 is 0. The van der Waals surface area contributed by atoms with Crippen LogP contribution >= 0.6 is 24.0 Å². The maximum absolute atomic E-state index is 13.0. The van der Waals surface area contributed by atoms with E-state index in [-0.39, 0.29) is 35.7 Å². The third-order valence-electron chi connectivity index (χ3n) is 4.18. The van der Waals surface area contributed by atoms with Crippen molar-refractivity contribution in [3.05, 3.63) is 42.7 Å². The predicted molar refractivity (Wildman–Crippen MR) is 119 cm³/mol. The number of carbonyl (C=O) groups is 1. The summed E-state index contributed by atoms with van der Waals surface area (Å²) in [4.78, 5) is 20.8. The SMILES string of the molecule is C=CCNC(=NCCC(=O)N1CCN(c2ccc(F)cc2)CC1)NCC.I. The number of hydrogen-bond donors (Lipinski definition) is 2. The molecule has 1 amide bonds. The second-order valence-electron chi connectivity index (χ2n) is 6.02. The summed E-state index contributed by atoms with van der Waals surface area (Å²) in [6.07, 6.45) is 2.15. The van der Waals surface area contributed by atoms with Crippen molar-refractivity contribution >= 4 is 41.5 Å². The van der Waals surface area contributed by atoms with Crippen molar-refractivity contribution in [1.29, 1.82) is 0 Å². The third-order valence-corrected chi connectivity index (χ3v) is 4.18. The standard InChI is InChI=1S/C19H28FN5O.HI/c1-3-10-22-19(21-4-2)23-11-9-18(26)25-14-12-24(13-15-25)17-7-5-16(20)6-8-17;/h3,5-8H,1,4,9-15H2,2H3,(H2,21,22,23);1H.